The van der Waals surface area contributed by atoms with E-state index in [0.717, 1.165) is 15.8 Å². The van der Waals surface area contributed by atoms with Crippen molar-refractivity contribution in [3.05, 3.63) is 53.3 Å². The number of nitrogens with zero attached hydrogens (tertiary/aromatic N) is 4. The number of fused-ring (bicyclic) bond motifs is 1. The first-order chi connectivity index (χ1) is 13.9. The highest BCUT2D eigenvalue weighted by atomic mass is 32.2. The van der Waals surface area contributed by atoms with E-state index in [-0.39, 0.29) is 0 Å². The van der Waals surface area contributed by atoms with Gasteiger partial charge in [-0.2, -0.15) is 4.31 Å². The lowest BCUT2D eigenvalue weighted by Crippen LogP contribution is -2.48. The number of imidazole rings is 1. The molecule has 7 nitrogen and oxygen atoms in total. The number of ether oxygens (including phenoxy) is 1. The molecule has 0 aliphatic carbocycles. The molecule has 0 bridgehead atoms. The minimum absolute atomic E-state index is 0.294. The lowest BCUT2D eigenvalue weighted by molar-refractivity contribution is 0.153. The second kappa shape index (κ2) is 7.91. The fourth-order valence-corrected chi connectivity index (χ4v) is 5.38. The first-order valence-corrected chi connectivity index (χ1v) is 11.3. The number of para-hydroxylation sites is 2. The van der Waals surface area contributed by atoms with Crippen LogP contribution in [-0.2, 0) is 23.7 Å². The van der Waals surface area contributed by atoms with Gasteiger partial charge >= 0.3 is 0 Å². The molecule has 1 fully saturated rings. The summed E-state index contributed by atoms with van der Waals surface area (Å²) in [6, 6.07) is 14.7. The van der Waals surface area contributed by atoms with Crippen molar-refractivity contribution in [2.24, 2.45) is 7.05 Å². The molecule has 4 rings (SSSR count). The third kappa shape index (κ3) is 3.71. The maximum atomic E-state index is 12.9. The molecule has 0 N–H and O–H groups in total. The SMILES string of the molecule is COc1ccc(S(=O)(=O)N2CCN(Cn3c(=S)n(C)c4ccccc43)CC2)cc1. The van der Waals surface area contributed by atoms with E-state index in [0.29, 0.717) is 43.5 Å². The summed E-state index contributed by atoms with van der Waals surface area (Å²) in [5.41, 5.74) is 2.19. The van der Waals surface area contributed by atoms with Gasteiger partial charge in [0.2, 0.25) is 10.0 Å². The maximum absolute atomic E-state index is 12.9. The summed E-state index contributed by atoms with van der Waals surface area (Å²) in [6.07, 6.45) is 0. The fourth-order valence-electron chi connectivity index (χ4n) is 3.71. The fraction of sp³-hybridized carbons (Fsp3) is 0.350. The minimum Gasteiger partial charge on any atom is -0.497 e. The van der Waals surface area contributed by atoms with E-state index in [1.54, 1.807) is 35.7 Å². The van der Waals surface area contributed by atoms with Crippen molar-refractivity contribution in [2.45, 2.75) is 11.6 Å². The van der Waals surface area contributed by atoms with Crippen LogP contribution in [0.1, 0.15) is 0 Å². The quantitative estimate of drug-likeness (QED) is 0.580. The van der Waals surface area contributed by atoms with Crippen LogP contribution in [0.4, 0.5) is 0 Å². The van der Waals surface area contributed by atoms with Crippen LogP contribution in [0, 0.1) is 4.77 Å². The molecule has 3 aromatic rings. The molecule has 0 radical (unpaired) electrons. The van der Waals surface area contributed by atoms with Crippen LogP contribution in [0.5, 0.6) is 5.75 Å². The number of hydrogen-bond donors (Lipinski definition) is 0. The summed E-state index contributed by atoms with van der Waals surface area (Å²) in [7, 11) is 0.0308. The van der Waals surface area contributed by atoms with Crippen LogP contribution < -0.4 is 4.74 Å². The highest BCUT2D eigenvalue weighted by molar-refractivity contribution is 7.89. The molecule has 1 aliphatic heterocycles. The van der Waals surface area contributed by atoms with Gasteiger partial charge in [-0.15, -0.1) is 0 Å². The van der Waals surface area contributed by atoms with Crippen LogP contribution in [-0.4, -0.2) is 60.0 Å². The molecule has 0 saturated carbocycles. The molecular weight excluding hydrogens is 408 g/mol. The predicted octanol–water partition coefficient (Wildman–Crippen LogP) is 2.68. The van der Waals surface area contributed by atoms with Crippen molar-refractivity contribution < 1.29 is 13.2 Å². The van der Waals surface area contributed by atoms with Gasteiger partial charge in [0, 0.05) is 33.2 Å². The number of rotatable bonds is 5. The Bertz CT molecular complexity index is 1170. The van der Waals surface area contributed by atoms with E-state index >= 15 is 0 Å². The highest BCUT2D eigenvalue weighted by Gasteiger charge is 2.28. The third-order valence-corrected chi connectivity index (χ3v) is 7.83. The Morgan fingerprint density at radius 1 is 0.966 bits per heavy atom. The van der Waals surface area contributed by atoms with E-state index in [4.69, 9.17) is 17.0 Å². The second-order valence-corrected chi connectivity index (χ2v) is 9.40. The Morgan fingerprint density at radius 2 is 1.59 bits per heavy atom. The van der Waals surface area contributed by atoms with Crippen molar-refractivity contribution in [3.8, 4) is 5.75 Å². The van der Waals surface area contributed by atoms with Crippen molar-refractivity contribution in [1.82, 2.24) is 18.3 Å². The molecule has 0 atom stereocenters. The maximum Gasteiger partial charge on any atom is 0.243 e. The second-order valence-electron chi connectivity index (χ2n) is 7.10. The van der Waals surface area contributed by atoms with E-state index in [1.807, 2.05) is 23.7 Å². The molecule has 0 spiro atoms. The molecule has 1 aliphatic rings. The number of benzene rings is 2. The number of hydrogen-bond acceptors (Lipinski definition) is 5. The van der Waals surface area contributed by atoms with Crippen LogP contribution in [0.25, 0.3) is 11.0 Å². The normalized spacial score (nSPS) is 16.3. The van der Waals surface area contributed by atoms with Gasteiger partial charge in [0.05, 0.1) is 29.7 Å². The van der Waals surface area contributed by atoms with Crippen molar-refractivity contribution in [3.63, 3.8) is 0 Å². The topological polar surface area (TPSA) is 59.7 Å². The van der Waals surface area contributed by atoms with E-state index in [9.17, 15) is 8.42 Å². The molecule has 2 heterocycles. The summed E-state index contributed by atoms with van der Waals surface area (Å²) >= 11 is 5.61. The number of aryl methyl sites for hydroxylation is 1. The molecule has 1 saturated heterocycles. The molecule has 0 unspecified atom stereocenters. The summed E-state index contributed by atoms with van der Waals surface area (Å²) in [5, 5.41) is 0. The standard InChI is InChI=1S/C20H24N4O3S2/c1-21-18-5-3-4-6-19(18)24(20(21)28)15-22-11-13-23(14-12-22)29(25,26)17-9-7-16(27-2)8-10-17/h3-10H,11-15H2,1-2H3. The Labute approximate surface area is 175 Å². The molecule has 1 aromatic heterocycles. The van der Waals surface area contributed by atoms with Gasteiger partial charge in [-0.3, -0.25) is 4.90 Å². The van der Waals surface area contributed by atoms with Gasteiger partial charge in [-0.25, -0.2) is 8.42 Å². The first-order valence-electron chi connectivity index (χ1n) is 9.42. The Morgan fingerprint density at radius 3 is 2.21 bits per heavy atom. The summed E-state index contributed by atoms with van der Waals surface area (Å²) in [4.78, 5) is 2.53. The Hall–Kier alpha value is -2.20. The number of methoxy groups -OCH3 is 1. The van der Waals surface area contributed by atoms with E-state index < -0.39 is 10.0 Å². The molecular formula is C20H24N4O3S2. The van der Waals surface area contributed by atoms with Crippen LogP contribution in [0.15, 0.2) is 53.4 Å². The zero-order chi connectivity index (χ0) is 20.6. The highest BCUT2D eigenvalue weighted by Crippen LogP contribution is 2.22. The minimum atomic E-state index is -3.50. The van der Waals surface area contributed by atoms with Crippen LogP contribution in [0.2, 0.25) is 0 Å². The van der Waals surface area contributed by atoms with Gasteiger partial charge in [0.1, 0.15) is 5.75 Å². The average molecular weight is 433 g/mol. The van der Waals surface area contributed by atoms with Crippen molar-refractivity contribution in [1.29, 1.82) is 0 Å². The largest absolute Gasteiger partial charge is 0.497 e. The van der Waals surface area contributed by atoms with Crippen molar-refractivity contribution >= 4 is 33.3 Å². The smallest absolute Gasteiger partial charge is 0.243 e. The van der Waals surface area contributed by atoms with Gasteiger partial charge in [0.15, 0.2) is 4.77 Å². The first kappa shape index (κ1) is 20.1. The Kier molecular flexibility index (Phi) is 5.48. The zero-order valence-corrected chi connectivity index (χ0v) is 18.1. The number of sulfonamides is 1. The molecule has 154 valence electrons. The van der Waals surface area contributed by atoms with E-state index in [1.165, 1.54) is 0 Å². The molecule has 2 aromatic carbocycles. The number of piperazine rings is 1. The average Bonchev–Trinajstić information content (AvgIpc) is 2.99. The summed E-state index contributed by atoms with van der Waals surface area (Å²) in [6.45, 7) is 2.86. The number of aromatic nitrogens is 2. The Balaban J connectivity index is 1.47. The van der Waals surface area contributed by atoms with Crippen LogP contribution in [0.3, 0.4) is 0 Å². The van der Waals surface area contributed by atoms with Crippen LogP contribution >= 0.6 is 12.2 Å². The van der Waals surface area contributed by atoms with Crippen molar-refractivity contribution in [2.75, 3.05) is 33.3 Å². The molecule has 0 amide bonds. The van der Waals surface area contributed by atoms with Gasteiger partial charge in [0.25, 0.3) is 0 Å². The van der Waals surface area contributed by atoms with Gasteiger partial charge in [-0.1, -0.05) is 12.1 Å². The summed E-state index contributed by atoms with van der Waals surface area (Å²) in [5.74, 6) is 0.639. The predicted molar refractivity (Wildman–Crippen MR) is 115 cm³/mol. The van der Waals surface area contributed by atoms with Gasteiger partial charge in [-0.05, 0) is 48.6 Å². The summed E-state index contributed by atoms with van der Waals surface area (Å²) < 4.78 is 37.4. The molecule has 9 heteroatoms. The zero-order valence-electron chi connectivity index (χ0n) is 16.5. The molecule has 29 heavy (non-hydrogen) atoms. The monoisotopic (exact) mass is 432 g/mol. The van der Waals surface area contributed by atoms with E-state index in [2.05, 4.69) is 21.6 Å². The van der Waals surface area contributed by atoms with Gasteiger partial charge < -0.3 is 13.9 Å². The lowest BCUT2D eigenvalue weighted by atomic mass is 10.3. The third-order valence-electron chi connectivity index (χ3n) is 5.42. The lowest BCUT2D eigenvalue weighted by Gasteiger charge is -2.34.